The van der Waals surface area contributed by atoms with Crippen molar-refractivity contribution in [3.8, 4) is 0 Å². The first-order valence-electron chi connectivity index (χ1n) is 4.48. The lowest BCUT2D eigenvalue weighted by molar-refractivity contribution is 0.424. The van der Waals surface area contributed by atoms with Gasteiger partial charge in [-0.3, -0.25) is 4.79 Å². The summed E-state index contributed by atoms with van der Waals surface area (Å²) in [6.07, 6.45) is 0. The summed E-state index contributed by atoms with van der Waals surface area (Å²) in [4.78, 5) is 13.8. The molecule has 74 valence electrons. The Bertz CT molecular complexity index is 386. The number of hydrogen-bond acceptors (Lipinski definition) is 4. The summed E-state index contributed by atoms with van der Waals surface area (Å²) in [5.74, 6) is 0.279. The van der Waals surface area contributed by atoms with Gasteiger partial charge in [-0.05, 0) is 11.5 Å². The van der Waals surface area contributed by atoms with Gasteiger partial charge in [-0.1, -0.05) is 0 Å². The van der Waals surface area contributed by atoms with E-state index in [-0.39, 0.29) is 16.9 Å². The van der Waals surface area contributed by atoms with Crippen LogP contribution in [0, 0.1) is 0 Å². The van der Waals surface area contributed by atoms with Crippen molar-refractivity contribution in [2.75, 3.05) is 13.1 Å². The standard InChI is InChI=1S/C8H11BN2O3/c12-8-2-6(9(13)14)1-7(11-8)5-3-10-4-5/h1-2,5,10,13-14H,3-4H2,(H,11,12). The molecule has 2 heterocycles. The number of nitrogens with one attached hydrogen (secondary N) is 2. The lowest BCUT2D eigenvalue weighted by Crippen LogP contribution is -2.42. The van der Waals surface area contributed by atoms with E-state index in [1.165, 1.54) is 6.07 Å². The molecule has 1 aliphatic heterocycles. The fourth-order valence-electron chi connectivity index (χ4n) is 1.46. The molecule has 0 atom stereocenters. The molecule has 0 saturated carbocycles. The van der Waals surface area contributed by atoms with Crippen LogP contribution in [0.4, 0.5) is 0 Å². The number of hydrogen-bond donors (Lipinski definition) is 4. The van der Waals surface area contributed by atoms with Crippen LogP contribution in [0.2, 0.25) is 0 Å². The van der Waals surface area contributed by atoms with Crippen molar-refractivity contribution in [3.05, 3.63) is 28.2 Å². The number of rotatable bonds is 2. The molecule has 0 bridgehead atoms. The average molecular weight is 194 g/mol. The highest BCUT2D eigenvalue weighted by Gasteiger charge is 2.22. The van der Waals surface area contributed by atoms with Gasteiger partial charge in [0.1, 0.15) is 0 Å². The molecule has 4 N–H and O–H groups in total. The Labute approximate surface area is 80.9 Å². The zero-order chi connectivity index (χ0) is 10.1. The molecule has 1 aromatic rings. The molecule has 0 spiro atoms. The zero-order valence-electron chi connectivity index (χ0n) is 7.53. The molecule has 0 aliphatic carbocycles. The molecule has 1 aromatic heterocycles. The topological polar surface area (TPSA) is 85.3 Å². The van der Waals surface area contributed by atoms with Crippen molar-refractivity contribution in [2.24, 2.45) is 0 Å². The smallest absolute Gasteiger partial charge is 0.423 e. The molecule has 0 aromatic carbocycles. The molecule has 0 unspecified atom stereocenters. The quantitative estimate of drug-likeness (QED) is 0.400. The second kappa shape index (κ2) is 3.57. The number of aromatic nitrogens is 1. The predicted molar refractivity (Wildman–Crippen MR) is 52.5 cm³/mol. The van der Waals surface area contributed by atoms with Crippen LogP contribution in [0.15, 0.2) is 16.9 Å². The molecule has 6 heteroatoms. The fraction of sp³-hybridized carbons (Fsp3) is 0.375. The monoisotopic (exact) mass is 194 g/mol. The summed E-state index contributed by atoms with van der Waals surface area (Å²) < 4.78 is 0. The largest absolute Gasteiger partial charge is 0.488 e. The predicted octanol–water partition coefficient (Wildman–Crippen LogP) is -2.26. The number of H-pyrrole nitrogens is 1. The average Bonchev–Trinajstić information content (AvgIpc) is 1.99. The fourth-order valence-corrected chi connectivity index (χ4v) is 1.46. The summed E-state index contributed by atoms with van der Waals surface area (Å²) in [5, 5.41) is 20.9. The summed E-state index contributed by atoms with van der Waals surface area (Å²) in [6, 6.07) is 2.82. The Morgan fingerprint density at radius 2 is 2.07 bits per heavy atom. The molecule has 0 radical (unpaired) electrons. The van der Waals surface area contributed by atoms with Crippen molar-refractivity contribution in [1.29, 1.82) is 0 Å². The van der Waals surface area contributed by atoms with Gasteiger partial charge in [-0.15, -0.1) is 0 Å². The lowest BCUT2D eigenvalue weighted by atomic mass is 9.79. The summed E-state index contributed by atoms with van der Waals surface area (Å²) in [6.45, 7) is 1.64. The second-order valence-corrected chi connectivity index (χ2v) is 3.46. The lowest BCUT2D eigenvalue weighted by Gasteiger charge is -2.27. The summed E-state index contributed by atoms with van der Waals surface area (Å²) >= 11 is 0. The van der Waals surface area contributed by atoms with Crippen molar-refractivity contribution in [3.63, 3.8) is 0 Å². The SMILES string of the molecule is O=c1cc(B(O)O)cc(C2CNC2)[nH]1. The minimum Gasteiger partial charge on any atom is -0.423 e. The maximum atomic E-state index is 11.2. The van der Waals surface area contributed by atoms with E-state index in [4.69, 9.17) is 10.0 Å². The van der Waals surface area contributed by atoms with Crippen molar-refractivity contribution in [2.45, 2.75) is 5.92 Å². The van der Waals surface area contributed by atoms with E-state index in [1.54, 1.807) is 6.07 Å². The molecular formula is C8H11BN2O3. The van der Waals surface area contributed by atoms with E-state index in [0.29, 0.717) is 0 Å². The Kier molecular flexibility index (Phi) is 2.41. The van der Waals surface area contributed by atoms with Gasteiger partial charge in [-0.2, -0.15) is 0 Å². The second-order valence-electron chi connectivity index (χ2n) is 3.46. The number of aromatic amines is 1. The van der Waals surface area contributed by atoms with Crippen LogP contribution in [0.3, 0.4) is 0 Å². The molecule has 1 saturated heterocycles. The van der Waals surface area contributed by atoms with Gasteiger partial charge in [-0.25, -0.2) is 0 Å². The van der Waals surface area contributed by atoms with E-state index in [9.17, 15) is 4.79 Å². The zero-order valence-corrected chi connectivity index (χ0v) is 7.53. The molecule has 1 fully saturated rings. The van der Waals surface area contributed by atoms with Crippen molar-refractivity contribution >= 4 is 12.6 Å². The van der Waals surface area contributed by atoms with Gasteiger partial charge in [0.2, 0.25) is 5.56 Å². The van der Waals surface area contributed by atoms with Gasteiger partial charge in [0.25, 0.3) is 0 Å². The first-order chi connectivity index (χ1) is 6.66. The Balaban J connectivity index is 2.35. The summed E-state index contributed by atoms with van der Waals surface area (Å²) in [5.41, 5.74) is 0.715. The van der Waals surface area contributed by atoms with Crippen LogP contribution in [0.1, 0.15) is 11.6 Å². The van der Waals surface area contributed by atoms with Crippen LogP contribution in [0.5, 0.6) is 0 Å². The third-order valence-electron chi connectivity index (χ3n) is 2.41. The van der Waals surface area contributed by atoms with Gasteiger partial charge in [0, 0.05) is 30.8 Å². The molecule has 0 amide bonds. The molecular weight excluding hydrogens is 183 g/mol. The number of pyridine rings is 1. The van der Waals surface area contributed by atoms with Crippen LogP contribution in [0.25, 0.3) is 0 Å². The van der Waals surface area contributed by atoms with Crippen LogP contribution in [-0.4, -0.2) is 35.2 Å². The third kappa shape index (κ3) is 1.72. The molecule has 14 heavy (non-hydrogen) atoms. The minimum atomic E-state index is -1.58. The Morgan fingerprint density at radius 3 is 2.57 bits per heavy atom. The van der Waals surface area contributed by atoms with E-state index < -0.39 is 7.12 Å². The van der Waals surface area contributed by atoms with E-state index in [1.807, 2.05) is 0 Å². The first kappa shape index (κ1) is 9.45. The highest BCUT2D eigenvalue weighted by molar-refractivity contribution is 6.58. The molecule has 2 rings (SSSR count). The van der Waals surface area contributed by atoms with Gasteiger partial charge < -0.3 is 20.3 Å². The molecule has 1 aliphatic rings. The van der Waals surface area contributed by atoms with Crippen molar-refractivity contribution in [1.82, 2.24) is 10.3 Å². The third-order valence-corrected chi connectivity index (χ3v) is 2.41. The van der Waals surface area contributed by atoms with Gasteiger partial charge >= 0.3 is 7.12 Å². The van der Waals surface area contributed by atoms with Gasteiger partial charge in [0.15, 0.2) is 0 Å². The van der Waals surface area contributed by atoms with Crippen molar-refractivity contribution < 1.29 is 10.0 Å². The molecule has 5 nitrogen and oxygen atoms in total. The maximum absolute atomic E-state index is 11.2. The maximum Gasteiger partial charge on any atom is 0.488 e. The van der Waals surface area contributed by atoms with E-state index in [2.05, 4.69) is 10.3 Å². The Morgan fingerprint density at radius 1 is 1.36 bits per heavy atom. The normalized spacial score (nSPS) is 16.4. The van der Waals surface area contributed by atoms with E-state index in [0.717, 1.165) is 18.8 Å². The highest BCUT2D eigenvalue weighted by Crippen LogP contribution is 2.14. The Hall–Kier alpha value is -1.11. The summed E-state index contributed by atoms with van der Waals surface area (Å²) in [7, 11) is -1.58. The minimum absolute atomic E-state index is 0.246. The first-order valence-corrected chi connectivity index (χ1v) is 4.48. The highest BCUT2D eigenvalue weighted by atomic mass is 16.4. The van der Waals surface area contributed by atoms with Gasteiger partial charge in [0.05, 0.1) is 0 Å². The van der Waals surface area contributed by atoms with Crippen LogP contribution >= 0.6 is 0 Å². The van der Waals surface area contributed by atoms with Crippen LogP contribution in [-0.2, 0) is 0 Å². The van der Waals surface area contributed by atoms with E-state index >= 15 is 0 Å². The van der Waals surface area contributed by atoms with Crippen LogP contribution < -0.4 is 16.3 Å².